The number of nitrogens with zero attached hydrogens (tertiary/aromatic N) is 2. The van der Waals surface area contributed by atoms with Gasteiger partial charge in [0.15, 0.2) is 0 Å². The lowest BCUT2D eigenvalue weighted by Crippen LogP contribution is -2.26. The fraction of sp³-hybridized carbons (Fsp3) is 0.600. The average Bonchev–Trinajstić information content (AvgIpc) is 2.71. The summed E-state index contributed by atoms with van der Waals surface area (Å²) in [6.07, 6.45) is 4.25. The van der Waals surface area contributed by atoms with Crippen LogP contribution in [0.15, 0.2) is 17.1 Å². The Bertz CT molecular complexity index is 356. The standard InChI is InChI=1S/C10H16N4O/c15-10-7-9(8-12-13-10)11-3-6-14-4-1-2-5-14/h7-8H,1-6H2,(H2,11,13,15). The molecule has 2 rings (SSSR count). The van der Waals surface area contributed by atoms with E-state index in [1.807, 2.05) is 0 Å². The number of anilines is 1. The summed E-state index contributed by atoms with van der Waals surface area (Å²) in [6.45, 7) is 4.31. The van der Waals surface area contributed by atoms with Gasteiger partial charge in [0.1, 0.15) is 0 Å². The number of hydrogen-bond donors (Lipinski definition) is 2. The lowest BCUT2D eigenvalue weighted by atomic mass is 10.4. The van der Waals surface area contributed by atoms with Crippen molar-refractivity contribution in [2.45, 2.75) is 12.8 Å². The molecule has 0 aromatic carbocycles. The van der Waals surface area contributed by atoms with Crippen LogP contribution in [0.4, 0.5) is 5.69 Å². The van der Waals surface area contributed by atoms with Crippen LogP contribution in [0.3, 0.4) is 0 Å². The molecule has 0 atom stereocenters. The summed E-state index contributed by atoms with van der Waals surface area (Å²) < 4.78 is 0. The Morgan fingerprint density at radius 1 is 1.47 bits per heavy atom. The molecule has 1 saturated heterocycles. The van der Waals surface area contributed by atoms with E-state index in [-0.39, 0.29) is 5.56 Å². The third kappa shape index (κ3) is 3.06. The van der Waals surface area contributed by atoms with E-state index in [0.717, 1.165) is 18.8 Å². The third-order valence-corrected chi connectivity index (χ3v) is 2.62. The second-order valence-corrected chi connectivity index (χ2v) is 3.81. The molecule has 1 aromatic heterocycles. The van der Waals surface area contributed by atoms with Crippen molar-refractivity contribution in [1.82, 2.24) is 15.1 Å². The lowest BCUT2D eigenvalue weighted by molar-refractivity contribution is 0.352. The van der Waals surface area contributed by atoms with Crippen LogP contribution in [0.2, 0.25) is 0 Å². The highest BCUT2D eigenvalue weighted by Crippen LogP contribution is 2.06. The molecule has 82 valence electrons. The molecule has 1 aliphatic rings. The number of hydrogen-bond acceptors (Lipinski definition) is 4. The van der Waals surface area contributed by atoms with Gasteiger partial charge in [0, 0.05) is 19.2 Å². The van der Waals surface area contributed by atoms with E-state index < -0.39 is 0 Å². The summed E-state index contributed by atoms with van der Waals surface area (Å²) in [4.78, 5) is 13.4. The molecule has 0 radical (unpaired) electrons. The van der Waals surface area contributed by atoms with Gasteiger partial charge in [0.2, 0.25) is 0 Å². The van der Waals surface area contributed by atoms with Crippen molar-refractivity contribution in [3.63, 3.8) is 0 Å². The first-order valence-corrected chi connectivity index (χ1v) is 5.35. The van der Waals surface area contributed by atoms with Crippen LogP contribution in [-0.2, 0) is 0 Å². The third-order valence-electron chi connectivity index (χ3n) is 2.62. The van der Waals surface area contributed by atoms with Crippen LogP contribution < -0.4 is 10.9 Å². The quantitative estimate of drug-likeness (QED) is 0.746. The van der Waals surface area contributed by atoms with Crippen molar-refractivity contribution < 1.29 is 0 Å². The monoisotopic (exact) mass is 208 g/mol. The van der Waals surface area contributed by atoms with Crippen molar-refractivity contribution in [3.05, 3.63) is 22.6 Å². The maximum atomic E-state index is 10.9. The molecule has 0 saturated carbocycles. The fourth-order valence-electron chi connectivity index (χ4n) is 1.84. The van der Waals surface area contributed by atoms with Gasteiger partial charge in [0.05, 0.1) is 11.9 Å². The zero-order valence-corrected chi connectivity index (χ0v) is 8.70. The van der Waals surface area contributed by atoms with Gasteiger partial charge in [-0.1, -0.05) is 0 Å². The molecule has 0 spiro atoms. The summed E-state index contributed by atoms with van der Waals surface area (Å²) >= 11 is 0. The summed E-state index contributed by atoms with van der Waals surface area (Å²) in [5.74, 6) is 0. The fourth-order valence-corrected chi connectivity index (χ4v) is 1.84. The van der Waals surface area contributed by atoms with Crippen molar-refractivity contribution in [2.75, 3.05) is 31.5 Å². The highest BCUT2D eigenvalue weighted by Gasteiger charge is 2.09. The van der Waals surface area contributed by atoms with Crippen LogP contribution in [0.25, 0.3) is 0 Å². The molecule has 0 amide bonds. The van der Waals surface area contributed by atoms with Gasteiger partial charge in [-0.3, -0.25) is 4.79 Å². The van der Waals surface area contributed by atoms with E-state index in [0.29, 0.717) is 0 Å². The molecule has 5 heteroatoms. The first kappa shape index (κ1) is 10.2. The predicted octanol–water partition coefficient (Wildman–Crippen LogP) is 0.278. The average molecular weight is 208 g/mol. The number of likely N-dealkylation sites (tertiary alicyclic amines) is 1. The number of rotatable bonds is 4. The Labute approximate surface area is 88.5 Å². The summed E-state index contributed by atoms with van der Waals surface area (Å²) in [7, 11) is 0. The first-order chi connectivity index (χ1) is 7.34. The Hall–Kier alpha value is -1.36. The molecule has 1 aliphatic heterocycles. The van der Waals surface area contributed by atoms with Gasteiger partial charge in [-0.15, -0.1) is 0 Å². The number of aromatic amines is 1. The molecule has 15 heavy (non-hydrogen) atoms. The molecule has 0 aliphatic carbocycles. The van der Waals surface area contributed by atoms with Crippen LogP contribution in [0, 0.1) is 0 Å². The van der Waals surface area contributed by atoms with E-state index in [1.54, 1.807) is 6.20 Å². The Morgan fingerprint density at radius 3 is 3.00 bits per heavy atom. The molecule has 2 heterocycles. The van der Waals surface area contributed by atoms with Gasteiger partial charge in [-0.05, 0) is 25.9 Å². The Morgan fingerprint density at radius 2 is 2.27 bits per heavy atom. The lowest BCUT2D eigenvalue weighted by Gasteiger charge is -2.14. The largest absolute Gasteiger partial charge is 0.382 e. The summed E-state index contributed by atoms with van der Waals surface area (Å²) in [5, 5.41) is 9.26. The molecular weight excluding hydrogens is 192 g/mol. The first-order valence-electron chi connectivity index (χ1n) is 5.35. The van der Waals surface area contributed by atoms with Crippen LogP contribution in [0.5, 0.6) is 0 Å². The number of nitrogens with one attached hydrogen (secondary N) is 2. The Kier molecular flexibility index (Phi) is 3.34. The number of H-pyrrole nitrogens is 1. The van der Waals surface area contributed by atoms with Gasteiger partial charge in [-0.25, -0.2) is 5.10 Å². The zero-order valence-electron chi connectivity index (χ0n) is 8.70. The van der Waals surface area contributed by atoms with E-state index >= 15 is 0 Å². The summed E-state index contributed by atoms with van der Waals surface area (Å²) in [6, 6.07) is 1.52. The van der Waals surface area contributed by atoms with Gasteiger partial charge >= 0.3 is 0 Å². The van der Waals surface area contributed by atoms with E-state index in [9.17, 15) is 4.79 Å². The van der Waals surface area contributed by atoms with Crippen molar-refractivity contribution in [3.8, 4) is 0 Å². The van der Waals surface area contributed by atoms with Gasteiger partial charge < -0.3 is 10.2 Å². The summed E-state index contributed by atoms with van der Waals surface area (Å²) in [5.41, 5.74) is 0.624. The van der Waals surface area contributed by atoms with E-state index in [2.05, 4.69) is 20.4 Å². The van der Waals surface area contributed by atoms with E-state index in [4.69, 9.17) is 0 Å². The van der Waals surface area contributed by atoms with Gasteiger partial charge in [0.25, 0.3) is 5.56 Å². The molecule has 1 aromatic rings. The highest BCUT2D eigenvalue weighted by atomic mass is 16.1. The minimum absolute atomic E-state index is 0.166. The van der Waals surface area contributed by atoms with Crippen LogP contribution >= 0.6 is 0 Å². The van der Waals surface area contributed by atoms with Crippen LogP contribution in [0.1, 0.15) is 12.8 Å². The SMILES string of the molecule is O=c1cc(NCCN2CCCC2)cn[nH]1. The topological polar surface area (TPSA) is 61.0 Å². The maximum absolute atomic E-state index is 10.9. The maximum Gasteiger partial charge on any atom is 0.266 e. The molecule has 0 bridgehead atoms. The Balaban J connectivity index is 1.75. The minimum atomic E-state index is -0.166. The van der Waals surface area contributed by atoms with Crippen LogP contribution in [-0.4, -0.2) is 41.3 Å². The van der Waals surface area contributed by atoms with Crippen molar-refractivity contribution >= 4 is 5.69 Å². The molecular formula is C10H16N4O. The number of aromatic nitrogens is 2. The van der Waals surface area contributed by atoms with Crippen molar-refractivity contribution in [2.24, 2.45) is 0 Å². The smallest absolute Gasteiger partial charge is 0.266 e. The molecule has 5 nitrogen and oxygen atoms in total. The molecule has 1 fully saturated rings. The second-order valence-electron chi connectivity index (χ2n) is 3.81. The normalized spacial score (nSPS) is 16.8. The molecule has 0 unspecified atom stereocenters. The predicted molar refractivity (Wildman–Crippen MR) is 59.0 cm³/mol. The highest BCUT2D eigenvalue weighted by molar-refractivity contribution is 5.38. The zero-order chi connectivity index (χ0) is 10.5. The second kappa shape index (κ2) is 4.93. The van der Waals surface area contributed by atoms with E-state index in [1.165, 1.54) is 32.0 Å². The minimum Gasteiger partial charge on any atom is -0.382 e. The molecule has 2 N–H and O–H groups in total. The van der Waals surface area contributed by atoms with Crippen molar-refractivity contribution in [1.29, 1.82) is 0 Å². The van der Waals surface area contributed by atoms with Gasteiger partial charge in [-0.2, -0.15) is 5.10 Å².